The number of alkyl carbamates (subject to hydrolysis) is 1. The number of aryl methyl sites for hydroxylation is 1. The molecule has 2 fully saturated rings. The molecule has 2 heterocycles. The van der Waals surface area contributed by atoms with Gasteiger partial charge in [0.05, 0.1) is 16.9 Å². The number of carbonyl (C=O) groups is 2. The van der Waals surface area contributed by atoms with Gasteiger partial charge in [-0.05, 0) is 59.4 Å². The number of alkyl halides is 4. The van der Waals surface area contributed by atoms with E-state index in [1.54, 1.807) is 10.7 Å². The van der Waals surface area contributed by atoms with Crippen molar-refractivity contribution in [2.75, 3.05) is 5.32 Å². The van der Waals surface area contributed by atoms with Crippen molar-refractivity contribution in [3.8, 4) is 0 Å². The van der Waals surface area contributed by atoms with Crippen LogP contribution in [-0.4, -0.2) is 55.7 Å². The number of hydrogen-bond acceptors (Lipinski definition) is 6. The van der Waals surface area contributed by atoms with Crippen molar-refractivity contribution in [1.82, 2.24) is 24.9 Å². The Labute approximate surface area is 217 Å². The van der Waals surface area contributed by atoms with E-state index in [4.69, 9.17) is 4.74 Å². The van der Waals surface area contributed by atoms with Gasteiger partial charge in [0.2, 0.25) is 0 Å². The van der Waals surface area contributed by atoms with Gasteiger partial charge in [-0.25, -0.2) is 13.9 Å². The SMILES string of the molecule is Cn1nc(COC(F)(F)F)cc1C(=O)Nc1cc([C@H]2C[C@@H](F)[C@@H](OC(=O)NC3(C)CC3)C2)nn1C(C)(C)C. The van der Waals surface area contributed by atoms with Crippen LogP contribution in [0.5, 0.6) is 0 Å². The fourth-order valence-corrected chi connectivity index (χ4v) is 4.38. The van der Waals surface area contributed by atoms with Gasteiger partial charge in [0.25, 0.3) is 5.91 Å². The van der Waals surface area contributed by atoms with Crippen LogP contribution in [0.25, 0.3) is 0 Å². The van der Waals surface area contributed by atoms with Gasteiger partial charge in [-0.15, -0.1) is 13.2 Å². The van der Waals surface area contributed by atoms with Gasteiger partial charge >= 0.3 is 12.5 Å². The lowest BCUT2D eigenvalue weighted by molar-refractivity contribution is -0.330. The van der Waals surface area contributed by atoms with Crippen LogP contribution in [-0.2, 0) is 28.7 Å². The minimum Gasteiger partial charge on any atom is -0.443 e. The van der Waals surface area contributed by atoms with Gasteiger partial charge in [-0.3, -0.25) is 14.2 Å². The van der Waals surface area contributed by atoms with Crippen LogP contribution in [0.4, 0.5) is 28.2 Å². The average Bonchev–Trinajstić information content (AvgIpc) is 3.12. The lowest BCUT2D eigenvalue weighted by atomic mass is 10.0. The second-order valence-corrected chi connectivity index (χ2v) is 11.2. The molecule has 2 aliphatic rings. The second-order valence-electron chi connectivity index (χ2n) is 11.2. The van der Waals surface area contributed by atoms with Crippen LogP contribution in [0.1, 0.15) is 81.2 Å². The molecule has 2 aromatic rings. The Morgan fingerprint density at radius 3 is 2.45 bits per heavy atom. The van der Waals surface area contributed by atoms with Crippen LogP contribution in [0.2, 0.25) is 0 Å². The van der Waals surface area contributed by atoms with Crippen molar-refractivity contribution in [3.05, 3.63) is 29.2 Å². The van der Waals surface area contributed by atoms with E-state index in [9.17, 15) is 27.2 Å². The summed E-state index contributed by atoms with van der Waals surface area (Å²) < 4.78 is 63.8. The Morgan fingerprint density at radius 1 is 1.16 bits per heavy atom. The fraction of sp³-hybridized carbons (Fsp3) is 0.667. The first kappa shape index (κ1) is 27.9. The summed E-state index contributed by atoms with van der Waals surface area (Å²) >= 11 is 0. The van der Waals surface area contributed by atoms with Crippen LogP contribution in [0.3, 0.4) is 0 Å². The Morgan fingerprint density at radius 2 is 1.84 bits per heavy atom. The molecule has 2 saturated carbocycles. The number of carbonyl (C=O) groups excluding carboxylic acids is 2. The molecule has 14 heteroatoms. The highest BCUT2D eigenvalue weighted by molar-refractivity contribution is 6.02. The number of anilines is 1. The molecule has 0 bridgehead atoms. The molecule has 0 aromatic carbocycles. The number of nitrogens with one attached hydrogen (secondary N) is 2. The average molecular weight is 545 g/mol. The molecule has 2 aliphatic carbocycles. The van der Waals surface area contributed by atoms with Gasteiger partial charge in [0.1, 0.15) is 30.4 Å². The summed E-state index contributed by atoms with van der Waals surface area (Å²) in [5.74, 6) is -0.635. The van der Waals surface area contributed by atoms with Gasteiger partial charge in [-0.2, -0.15) is 10.2 Å². The molecule has 210 valence electrons. The van der Waals surface area contributed by atoms with E-state index < -0.39 is 42.8 Å². The molecule has 0 saturated heterocycles. The molecule has 0 unspecified atom stereocenters. The molecule has 4 rings (SSSR count). The maximum atomic E-state index is 14.8. The Bertz CT molecular complexity index is 1200. The number of rotatable bonds is 7. The normalized spacial score (nSPS) is 22.8. The van der Waals surface area contributed by atoms with E-state index in [1.165, 1.54) is 13.1 Å². The number of aromatic nitrogens is 4. The van der Waals surface area contributed by atoms with Gasteiger partial charge in [-0.1, -0.05) is 0 Å². The van der Waals surface area contributed by atoms with Crippen molar-refractivity contribution < 1.29 is 36.6 Å². The van der Waals surface area contributed by atoms with Crippen LogP contribution in [0, 0.1) is 0 Å². The summed E-state index contributed by atoms with van der Waals surface area (Å²) in [6, 6.07) is 2.85. The third kappa shape index (κ3) is 6.63. The molecular weight excluding hydrogens is 512 g/mol. The zero-order chi connectivity index (χ0) is 28.0. The van der Waals surface area contributed by atoms with E-state index in [2.05, 4.69) is 25.6 Å². The predicted octanol–water partition coefficient (Wildman–Crippen LogP) is 4.52. The maximum absolute atomic E-state index is 14.8. The molecule has 2 aromatic heterocycles. The summed E-state index contributed by atoms with van der Waals surface area (Å²) in [5.41, 5.74) is -0.363. The van der Waals surface area contributed by atoms with Gasteiger partial charge in [0.15, 0.2) is 0 Å². The quantitative estimate of drug-likeness (QED) is 0.496. The van der Waals surface area contributed by atoms with Crippen molar-refractivity contribution in [2.45, 2.75) is 95.6 Å². The number of ether oxygens (including phenoxy) is 2. The standard InChI is InChI=1S/C24H32F4N6O4/c1-22(2,3)34-19(29-20(35)17-10-14(31-33(17)5)12-37-24(26,27)28)11-16(32-34)13-8-15(25)18(9-13)38-21(36)30-23(4)6-7-23/h10-11,13,15,18H,6-9,12H2,1-5H3,(H,29,35)(H,30,36)/t13-,15+,18-/m0/s1. The molecular formula is C24H32F4N6O4. The first-order valence-corrected chi connectivity index (χ1v) is 12.3. The van der Waals surface area contributed by atoms with E-state index in [0.29, 0.717) is 11.5 Å². The van der Waals surface area contributed by atoms with Crippen LogP contribution < -0.4 is 10.6 Å². The topological polar surface area (TPSA) is 112 Å². The third-order valence-corrected chi connectivity index (χ3v) is 6.66. The monoisotopic (exact) mass is 544 g/mol. The van der Waals surface area contributed by atoms with E-state index in [1.807, 2.05) is 27.7 Å². The summed E-state index contributed by atoms with van der Waals surface area (Å²) in [5, 5.41) is 14.0. The molecule has 0 radical (unpaired) electrons. The lowest BCUT2D eigenvalue weighted by Crippen LogP contribution is -2.38. The molecule has 2 N–H and O–H groups in total. The largest absolute Gasteiger partial charge is 0.522 e. The minimum absolute atomic E-state index is 0.0162. The van der Waals surface area contributed by atoms with Gasteiger partial charge < -0.3 is 15.4 Å². The third-order valence-electron chi connectivity index (χ3n) is 6.66. The molecule has 0 spiro atoms. The van der Waals surface area contributed by atoms with Crippen LogP contribution in [0.15, 0.2) is 12.1 Å². The molecule has 38 heavy (non-hydrogen) atoms. The predicted molar refractivity (Wildman–Crippen MR) is 127 cm³/mol. The second kappa shape index (κ2) is 9.86. The smallest absolute Gasteiger partial charge is 0.443 e. The highest BCUT2D eigenvalue weighted by Gasteiger charge is 2.43. The molecule has 0 aliphatic heterocycles. The zero-order valence-electron chi connectivity index (χ0n) is 21.9. The van der Waals surface area contributed by atoms with E-state index in [0.717, 1.165) is 17.5 Å². The Kier molecular flexibility index (Phi) is 7.23. The van der Waals surface area contributed by atoms with E-state index >= 15 is 0 Å². The summed E-state index contributed by atoms with van der Waals surface area (Å²) in [6.07, 6.45) is -5.67. The highest BCUT2D eigenvalue weighted by atomic mass is 19.4. The van der Waals surface area contributed by atoms with Crippen molar-refractivity contribution in [1.29, 1.82) is 0 Å². The number of hydrogen-bond donors (Lipinski definition) is 2. The summed E-state index contributed by atoms with van der Waals surface area (Å²) in [7, 11) is 1.43. The van der Waals surface area contributed by atoms with Crippen molar-refractivity contribution in [2.24, 2.45) is 7.05 Å². The maximum Gasteiger partial charge on any atom is 0.522 e. The molecule has 2 amide bonds. The molecule has 3 atom stereocenters. The lowest BCUT2D eigenvalue weighted by Gasteiger charge is -2.22. The first-order valence-electron chi connectivity index (χ1n) is 12.3. The van der Waals surface area contributed by atoms with E-state index in [-0.39, 0.29) is 35.7 Å². The van der Waals surface area contributed by atoms with Gasteiger partial charge in [0, 0.05) is 24.6 Å². The van der Waals surface area contributed by atoms with Crippen molar-refractivity contribution >= 4 is 17.8 Å². The highest BCUT2D eigenvalue weighted by Crippen LogP contribution is 2.40. The Balaban J connectivity index is 1.47. The minimum atomic E-state index is -4.82. The summed E-state index contributed by atoms with van der Waals surface area (Å²) in [6.45, 7) is 6.68. The van der Waals surface area contributed by atoms with Crippen molar-refractivity contribution in [3.63, 3.8) is 0 Å². The number of halogens is 4. The fourth-order valence-electron chi connectivity index (χ4n) is 4.38. The Hall–Kier alpha value is -3.16. The molecule has 10 nitrogen and oxygen atoms in total. The number of nitrogens with zero attached hydrogens (tertiary/aromatic N) is 4. The number of amides is 2. The summed E-state index contributed by atoms with van der Waals surface area (Å²) in [4.78, 5) is 25.2. The zero-order valence-corrected chi connectivity index (χ0v) is 21.9. The first-order chi connectivity index (χ1) is 17.5. The van der Waals surface area contributed by atoms with Crippen LogP contribution >= 0.6 is 0 Å².